The molecule has 128 valence electrons. The number of nitrogens with one attached hydrogen (secondary N) is 1. The van der Waals surface area contributed by atoms with Crippen LogP contribution in [-0.4, -0.2) is 32.2 Å². The highest BCUT2D eigenvalue weighted by Gasteiger charge is 2.25. The Morgan fingerprint density at radius 3 is 2.50 bits per heavy atom. The number of ether oxygens (including phenoxy) is 2. The van der Waals surface area contributed by atoms with Gasteiger partial charge in [-0.2, -0.15) is 0 Å². The maximum atomic E-state index is 12.5. The number of amides is 1. The third-order valence-corrected chi connectivity index (χ3v) is 4.77. The van der Waals surface area contributed by atoms with E-state index in [1.807, 2.05) is 31.2 Å². The lowest BCUT2D eigenvalue weighted by molar-refractivity contribution is -0.119. The monoisotopic (exact) mass is 411 g/mol. The fraction of sp³-hybridized carbons (Fsp3) is 0.294. The zero-order valence-electron chi connectivity index (χ0n) is 13.6. The first-order valence-corrected chi connectivity index (χ1v) is 8.94. The molecule has 1 heterocycles. The quantitative estimate of drug-likeness (QED) is 0.721. The van der Waals surface area contributed by atoms with E-state index in [1.165, 1.54) is 18.4 Å². The van der Waals surface area contributed by atoms with Gasteiger partial charge in [-0.3, -0.25) is 4.79 Å². The van der Waals surface area contributed by atoms with Gasteiger partial charge >= 0.3 is 5.97 Å². The fourth-order valence-electron chi connectivity index (χ4n) is 2.29. The predicted molar refractivity (Wildman–Crippen MR) is 98.7 cm³/mol. The molecular formula is C17H18BrNO4S. The summed E-state index contributed by atoms with van der Waals surface area (Å²) < 4.78 is 11.0. The maximum Gasteiger partial charge on any atom is 0.341 e. The van der Waals surface area contributed by atoms with E-state index in [4.69, 9.17) is 9.47 Å². The van der Waals surface area contributed by atoms with Gasteiger partial charge in [0.25, 0.3) is 5.91 Å². The van der Waals surface area contributed by atoms with Gasteiger partial charge in [0.05, 0.1) is 6.61 Å². The van der Waals surface area contributed by atoms with E-state index in [2.05, 4.69) is 21.2 Å². The summed E-state index contributed by atoms with van der Waals surface area (Å²) in [7, 11) is 1.44. The number of halogens is 1. The first kappa shape index (κ1) is 18.6. The molecule has 1 amide bonds. The van der Waals surface area contributed by atoms with E-state index in [-0.39, 0.29) is 19.1 Å². The Bertz CT molecular complexity index is 740. The van der Waals surface area contributed by atoms with Crippen LogP contribution >= 0.6 is 27.3 Å². The smallest absolute Gasteiger partial charge is 0.341 e. The number of methoxy groups -OCH3 is 1. The summed E-state index contributed by atoms with van der Waals surface area (Å²) in [6.45, 7) is 3.85. The normalized spacial score (nSPS) is 10.5. The zero-order valence-corrected chi connectivity index (χ0v) is 16.0. The molecule has 2 rings (SSSR count). The predicted octanol–water partition coefficient (Wildman–Crippen LogP) is 4.25. The van der Waals surface area contributed by atoms with Crippen molar-refractivity contribution < 1.29 is 19.1 Å². The van der Waals surface area contributed by atoms with Crippen LogP contribution < -0.4 is 5.32 Å². The number of thiophene rings is 1. The van der Waals surface area contributed by atoms with Gasteiger partial charge in [-0.15, -0.1) is 11.3 Å². The van der Waals surface area contributed by atoms with E-state index in [0.29, 0.717) is 10.6 Å². The zero-order chi connectivity index (χ0) is 17.7. The van der Waals surface area contributed by atoms with Gasteiger partial charge in [-0.1, -0.05) is 28.1 Å². The summed E-state index contributed by atoms with van der Waals surface area (Å²) in [4.78, 5) is 25.3. The molecule has 24 heavy (non-hydrogen) atoms. The molecule has 1 N–H and O–H groups in total. The molecular weight excluding hydrogens is 394 g/mol. The van der Waals surface area contributed by atoms with Crippen LogP contribution in [0.2, 0.25) is 0 Å². The van der Waals surface area contributed by atoms with Crippen LogP contribution in [0.4, 0.5) is 5.00 Å². The number of carbonyl (C=O) groups is 2. The van der Waals surface area contributed by atoms with Crippen molar-refractivity contribution in [3.63, 3.8) is 0 Å². The number of rotatable bonds is 6. The molecule has 0 atom stereocenters. The standard InChI is InChI=1S/C17H18BrNO4S/c1-4-23-17(21)15-14(11-5-7-12(18)8-6-11)10(2)24-16(15)19-13(20)9-22-3/h5-8H,4,9H2,1-3H3,(H,19,20). The number of hydrogen-bond acceptors (Lipinski definition) is 5. The van der Waals surface area contributed by atoms with Crippen molar-refractivity contribution >= 4 is 44.1 Å². The summed E-state index contributed by atoms with van der Waals surface area (Å²) in [5, 5.41) is 3.22. The molecule has 0 aliphatic heterocycles. The van der Waals surface area contributed by atoms with E-state index >= 15 is 0 Å². The largest absolute Gasteiger partial charge is 0.462 e. The van der Waals surface area contributed by atoms with Gasteiger partial charge in [-0.25, -0.2) is 4.79 Å². The minimum Gasteiger partial charge on any atom is -0.462 e. The number of esters is 1. The summed E-state index contributed by atoms with van der Waals surface area (Å²) in [6, 6.07) is 7.65. The first-order valence-electron chi connectivity index (χ1n) is 7.33. The molecule has 5 nitrogen and oxygen atoms in total. The molecule has 0 bridgehead atoms. The Kier molecular flexibility index (Phi) is 6.53. The van der Waals surface area contributed by atoms with Gasteiger partial charge in [-0.05, 0) is 31.5 Å². The summed E-state index contributed by atoms with van der Waals surface area (Å²) in [5.41, 5.74) is 2.05. The van der Waals surface area contributed by atoms with Gasteiger partial charge in [0.2, 0.25) is 0 Å². The molecule has 0 aliphatic rings. The van der Waals surface area contributed by atoms with E-state index < -0.39 is 5.97 Å². The van der Waals surface area contributed by atoms with Crippen molar-refractivity contribution in [3.05, 3.63) is 39.2 Å². The fourth-order valence-corrected chi connectivity index (χ4v) is 3.63. The average molecular weight is 412 g/mol. The lowest BCUT2D eigenvalue weighted by atomic mass is 10.0. The minimum atomic E-state index is -0.451. The van der Waals surface area contributed by atoms with Crippen LogP contribution in [0.1, 0.15) is 22.2 Å². The molecule has 7 heteroatoms. The van der Waals surface area contributed by atoms with Crippen molar-refractivity contribution in [1.82, 2.24) is 0 Å². The van der Waals surface area contributed by atoms with Gasteiger partial charge in [0, 0.05) is 22.0 Å². The topological polar surface area (TPSA) is 64.6 Å². The van der Waals surface area contributed by atoms with Crippen molar-refractivity contribution in [2.45, 2.75) is 13.8 Å². The molecule has 0 aliphatic carbocycles. The van der Waals surface area contributed by atoms with E-state index in [0.717, 1.165) is 20.5 Å². The highest BCUT2D eigenvalue weighted by atomic mass is 79.9. The molecule has 1 aromatic heterocycles. The third-order valence-electron chi connectivity index (χ3n) is 3.23. The number of anilines is 1. The molecule has 1 aromatic carbocycles. The van der Waals surface area contributed by atoms with Crippen LogP contribution in [0.3, 0.4) is 0 Å². The second kappa shape index (κ2) is 8.41. The Morgan fingerprint density at radius 2 is 1.92 bits per heavy atom. The Hall–Kier alpha value is -1.70. The average Bonchev–Trinajstić information content (AvgIpc) is 2.84. The van der Waals surface area contributed by atoms with Crippen molar-refractivity contribution in [2.24, 2.45) is 0 Å². The number of hydrogen-bond donors (Lipinski definition) is 1. The highest BCUT2D eigenvalue weighted by molar-refractivity contribution is 9.10. The van der Waals surface area contributed by atoms with Crippen molar-refractivity contribution in [1.29, 1.82) is 0 Å². The molecule has 0 saturated carbocycles. The van der Waals surface area contributed by atoms with Gasteiger partial charge in [0.1, 0.15) is 17.2 Å². The summed E-state index contributed by atoms with van der Waals surface area (Å²) in [6.07, 6.45) is 0. The molecule has 0 saturated heterocycles. The van der Waals surface area contributed by atoms with Gasteiger partial charge in [0.15, 0.2) is 0 Å². The summed E-state index contributed by atoms with van der Waals surface area (Å²) >= 11 is 4.75. The number of carbonyl (C=O) groups excluding carboxylic acids is 2. The van der Waals surface area contributed by atoms with Crippen LogP contribution in [-0.2, 0) is 14.3 Å². The van der Waals surface area contributed by atoms with E-state index in [9.17, 15) is 9.59 Å². The summed E-state index contributed by atoms with van der Waals surface area (Å²) in [5.74, 6) is -0.765. The molecule has 0 unspecified atom stereocenters. The second-order valence-corrected chi connectivity index (χ2v) is 7.09. The second-order valence-electron chi connectivity index (χ2n) is 4.95. The van der Waals surface area contributed by atoms with Crippen molar-refractivity contribution in [2.75, 3.05) is 25.6 Å². The minimum absolute atomic E-state index is 0.0766. The van der Waals surface area contributed by atoms with Crippen LogP contribution in [0, 0.1) is 6.92 Å². The number of aryl methyl sites for hydroxylation is 1. The first-order chi connectivity index (χ1) is 11.5. The molecule has 0 radical (unpaired) electrons. The SMILES string of the molecule is CCOC(=O)c1c(NC(=O)COC)sc(C)c1-c1ccc(Br)cc1. The molecule has 0 fully saturated rings. The maximum absolute atomic E-state index is 12.5. The van der Waals surface area contributed by atoms with Crippen LogP contribution in [0.15, 0.2) is 28.7 Å². The highest BCUT2D eigenvalue weighted by Crippen LogP contribution is 2.40. The van der Waals surface area contributed by atoms with Crippen LogP contribution in [0.25, 0.3) is 11.1 Å². The molecule has 2 aromatic rings. The van der Waals surface area contributed by atoms with Crippen molar-refractivity contribution in [3.8, 4) is 11.1 Å². The Balaban J connectivity index is 2.52. The lowest BCUT2D eigenvalue weighted by Gasteiger charge is -2.09. The van der Waals surface area contributed by atoms with Crippen LogP contribution in [0.5, 0.6) is 0 Å². The number of benzene rings is 1. The third kappa shape index (κ3) is 4.23. The Morgan fingerprint density at radius 1 is 1.25 bits per heavy atom. The van der Waals surface area contributed by atoms with Gasteiger partial charge < -0.3 is 14.8 Å². The lowest BCUT2D eigenvalue weighted by Crippen LogP contribution is -2.18. The Labute approximate surface area is 153 Å². The molecule has 0 spiro atoms. The van der Waals surface area contributed by atoms with E-state index in [1.54, 1.807) is 6.92 Å².